The topological polar surface area (TPSA) is 75.7 Å². The first kappa shape index (κ1) is 20.2. The third kappa shape index (κ3) is 7.08. The zero-order valence-corrected chi connectivity index (χ0v) is 15.1. The van der Waals surface area contributed by atoms with Gasteiger partial charge < -0.3 is 15.0 Å². The van der Waals surface area contributed by atoms with Crippen molar-refractivity contribution < 1.29 is 19.1 Å². The van der Waals surface area contributed by atoms with Crippen LogP contribution in [-0.4, -0.2) is 49.4 Å². The van der Waals surface area contributed by atoms with Gasteiger partial charge in [0.15, 0.2) is 0 Å². The molecule has 0 aromatic heterocycles. The number of nitrogens with zero attached hydrogens (tertiary/aromatic N) is 1. The highest BCUT2D eigenvalue weighted by atomic mass is 16.5. The normalized spacial score (nSPS) is 10.9. The first-order valence-electron chi connectivity index (χ1n) is 8.04. The summed E-state index contributed by atoms with van der Waals surface area (Å²) >= 11 is 0. The van der Waals surface area contributed by atoms with Crippen LogP contribution in [0.25, 0.3) is 0 Å². The molecule has 1 rings (SSSR count). The minimum Gasteiger partial charge on any atom is -0.467 e. The quantitative estimate of drug-likeness (QED) is 0.483. The van der Waals surface area contributed by atoms with E-state index < -0.39 is 12.0 Å². The summed E-state index contributed by atoms with van der Waals surface area (Å²) in [6, 6.07) is 6.17. The maximum Gasteiger partial charge on any atom is 0.328 e. The Kier molecular flexibility index (Phi) is 8.21. The lowest BCUT2D eigenvalue weighted by Gasteiger charge is -2.12. The number of hydrogen-bond donors (Lipinski definition) is 1. The van der Waals surface area contributed by atoms with E-state index >= 15 is 0 Å². The van der Waals surface area contributed by atoms with E-state index in [-0.39, 0.29) is 11.8 Å². The molecule has 0 aliphatic heterocycles. The first-order valence-corrected chi connectivity index (χ1v) is 8.04. The molecule has 0 bridgehead atoms. The monoisotopic (exact) mass is 344 g/mol. The molecule has 6 nitrogen and oxygen atoms in total. The Labute approximate surface area is 148 Å². The Morgan fingerprint density at radius 2 is 2.04 bits per heavy atom. The van der Waals surface area contributed by atoms with Crippen molar-refractivity contribution in [1.29, 1.82) is 0 Å². The van der Waals surface area contributed by atoms with Gasteiger partial charge in [-0.25, -0.2) is 4.79 Å². The fourth-order valence-electron chi connectivity index (χ4n) is 1.98. The van der Waals surface area contributed by atoms with Gasteiger partial charge in [0.25, 0.3) is 5.91 Å². The van der Waals surface area contributed by atoms with Crippen LogP contribution in [0.1, 0.15) is 42.6 Å². The summed E-state index contributed by atoms with van der Waals surface area (Å²) in [5, 5.41) is 2.57. The van der Waals surface area contributed by atoms with Crippen LogP contribution in [-0.2, 0) is 14.3 Å². The molecule has 0 saturated heterocycles. The lowest BCUT2D eigenvalue weighted by Crippen LogP contribution is -2.39. The SMILES string of the molecule is COC(=O)[C@@H](C)NC(=O)c1cccc(C#CCCCN(C)C(C)=O)c1. The lowest BCUT2D eigenvalue weighted by molar-refractivity contribution is -0.142. The lowest BCUT2D eigenvalue weighted by atomic mass is 10.1. The van der Waals surface area contributed by atoms with Crippen LogP contribution in [0.15, 0.2) is 24.3 Å². The van der Waals surface area contributed by atoms with Crippen molar-refractivity contribution in [3.8, 4) is 11.8 Å². The van der Waals surface area contributed by atoms with Crippen molar-refractivity contribution in [2.24, 2.45) is 0 Å². The summed E-state index contributed by atoms with van der Waals surface area (Å²) in [7, 11) is 3.03. The molecule has 0 heterocycles. The molecular weight excluding hydrogens is 320 g/mol. The molecule has 0 spiro atoms. The molecule has 1 N–H and O–H groups in total. The van der Waals surface area contributed by atoms with Crippen LogP contribution in [0.5, 0.6) is 0 Å². The number of ether oxygens (including phenoxy) is 1. The van der Waals surface area contributed by atoms with E-state index in [1.54, 1.807) is 37.1 Å². The van der Waals surface area contributed by atoms with Gasteiger partial charge in [-0.1, -0.05) is 17.9 Å². The molecule has 0 unspecified atom stereocenters. The molecule has 1 aromatic rings. The third-order valence-electron chi connectivity index (χ3n) is 3.59. The number of nitrogens with one attached hydrogen (secondary N) is 1. The van der Waals surface area contributed by atoms with Gasteiger partial charge in [0.1, 0.15) is 6.04 Å². The van der Waals surface area contributed by atoms with Crippen molar-refractivity contribution in [2.75, 3.05) is 20.7 Å². The van der Waals surface area contributed by atoms with Crippen LogP contribution in [0, 0.1) is 11.8 Å². The zero-order chi connectivity index (χ0) is 18.8. The summed E-state index contributed by atoms with van der Waals surface area (Å²) in [4.78, 5) is 36.2. The predicted octanol–water partition coefficient (Wildman–Crippen LogP) is 1.59. The number of rotatable bonds is 6. The summed E-state index contributed by atoms with van der Waals surface area (Å²) < 4.78 is 4.58. The molecule has 6 heteroatoms. The molecule has 0 aliphatic carbocycles. The van der Waals surface area contributed by atoms with Crippen molar-refractivity contribution in [3.05, 3.63) is 35.4 Å². The third-order valence-corrected chi connectivity index (χ3v) is 3.59. The summed E-state index contributed by atoms with van der Waals surface area (Å²) in [6.45, 7) is 3.76. The highest BCUT2D eigenvalue weighted by Gasteiger charge is 2.16. The van der Waals surface area contributed by atoms with Crippen molar-refractivity contribution >= 4 is 17.8 Å². The Balaban J connectivity index is 2.60. The molecule has 0 fully saturated rings. The first-order chi connectivity index (χ1) is 11.8. The second-order valence-electron chi connectivity index (χ2n) is 5.65. The Morgan fingerprint density at radius 3 is 2.68 bits per heavy atom. The van der Waals surface area contributed by atoms with Gasteiger partial charge in [0, 0.05) is 38.1 Å². The highest BCUT2D eigenvalue weighted by Crippen LogP contribution is 2.05. The molecule has 2 amide bonds. The average molecular weight is 344 g/mol. The van der Waals surface area contributed by atoms with Gasteiger partial charge >= 0.3 is 5.97 Å². The van der Waals surface area contributed by atoms with E-state index in [0.29, 0.717) is 18.5 Å². The highest BCUT2D eigenvalue weighted by molar-refractivity contribution is 5.96. The number of benzene rings is 1. The van der Waals surface area contributed by atoms with Gasteiger partial charge in [0.05, 0.1) is 7.11 Å². The molecule has 1 atom stereocenters. The summed E-state index contributed by atoms with van der Waals surface area (Å²) in [6.07, 6.45) is 1.45. The van der Waals surface area contributed by atoms with E-state index in [4.69, 9.17) is 0 Å². The molecule has 0 saturated carbocycles. The van der Waals surface area contributed by atoms with Gasteiger partial charge in [-0.15, -0.1) is 0 Å². The second-order valence-corrected chi connectivity index (χ2v) is 5.65. The van der Waals surface area contributed by atoms with Gasteiger partial charge in [-0.3, -0.25) is 9.59 Å². The smallest absolute Gasteiger partial charge is 0.328 e. The van der Waals surface area contributed by atoms with E-state index in [0.717, 1.165) is 12.0 Å². The maximum absolute atomic E-state index is 12.1. The van der Waals surface area contributed by atoms with E-state index in [2.05, 4.69) is 21.9 Å². The van der Waals surface area contributed by atoms with Gasteiger partial charge in [-0.05, 0) is 31.5 Å². The van der Waals surface area contributed by atoms with Crippen molar-refractivity contribution in [1.82, 2.24) is 10.2 Å². The Bertz CT molecular complexity index is 688. The van der Waals surface area contributed by atoms with Crippen LogP contribution in [0.2, 0.25) is 0 Å². The van der Waals surface area contributed by atoms with Gasteiger partial charge in [0.2, 0.25) is 5.91 Å². The number of amides is 2. The van der Waals surface area contributed by atoms with E-state index in [1.807, 2.05) is 6.07 Å². The number of methoxy groups -OCH3 is 1. The van der Waals surface area contributed by atoms with E-state index in [9.17, 15) is 14.4 Å². The zero-order valence-electron chi connectivity index (χ0n) is 15.1. The number of unbranched alkanes of at least 4 members (excludes halogenated alkanes) is 1. The minimum atomic E-state index is -0.717. The Hall–Kier alpha value is -2.81. The molecule has 0 radical (unpaired) electrons. The van der Waals surface area contributed by atoms with Crippen LogP contribution < -0.4 is 5.32 Å². The maximum atomic E-state index is 12.1. The molecule has 134 valence electrons. The molecule has 1 aromatic carbocycles. The standard InChI is InChI=1S/C19H24N2O4/c1-14(19(24)25-4)20-18(23)17-11-8-10-16(13-17)9-6-5-7-12-21(3)15(2)22/h8,10-11,13-14H,5,7,12H2,1-4H3,(H,20,23)/t14-/m1/s1. The van der Waals surface area contributed by atoms with Crippen LogP contribution in [0.4, 0.5) is 0 Å². The number of carbonyl (C=O) groups is 3. The largest absolute Gasteiger partial charge is 0.467 e. The van der Waals surface area contributed by atoms with Crippen molar-refractivity contribution in [3.63, 3.8) is 0 Å². The number of carbonyl (C=O) groups excluding carboxylic acids is 3. The van der Waals surface area contributed by atoms with Crippen LogP contribution >= 0.6 is 0 Å². The number of hydrogen-bond acceptors (Lipinski definition) is 4. The average Bonchev–Trinajstić information content (AvgIpc) is 2.60. The van der Waals surface area contributed by atoms with Crippen molar-refractivity contribution in [2.45, 2.75) is 32.7 Å². The predicted molar refractivity (Wildman–Crippen MR) is 94.8 cm³/mol. The molecule has 0 aliphatic rings. The molecule has 25 heavy (non-hydrogen) atoms. The second kappa shape index (κ2) is 10.1. The van der Waals surface area contributed by atoms with Gasteiger partial charge in [-0.2, -0.15) is 0 Å². The molecular formula is C19H24N2O4. The summed E-state index contributed by atoms with van der Waals surface area (Å²) in [5.74, 6) is 5.22. The minimum absolute atomic E-state index is 0.0351. The fraction of sp³-hybridized carbons (Fsp3) is 0.421. The number of esters is 1. The summed E-state index contributed by atoms with van der Waals surface area (Å²) in [5.41, 5.74) is 1.15. The van der Waals surface area contributed by atoms with E-state index in [1.165, 1.54) is 14.0 Å². The van der Waals surface area contributed by atoms with Crippen LogP contribution in [0.3, 0.4) is 0 Å². The Morgan fingerprint density at radius 1 is 1.32 bits per heavy atom. The fourth-order valence-corrected chi connectivity index (χ4v) is 1.98.